The number of carboxylic acid groups (broad SMARTS) is 1. The highest BCUT2D eigenvalue weighted by Gasteiger charge is 2.14. The molecule has 0 saturated heterocycles. The minimum absolute atomic E-state index is 0.107. The van der Waals surface area contributed by atoms with Crippen LogP contribution in [0.2, 0.25) is 5.02 Å². The second-order valence-electron chi connectivity index (χ2n) is 4.83. The first-order valence-electron chi connectivity index (χ1n) is 6.65. The van der Waals surface area contributed by atoms with Crippen molar-refractivity contribution in [2.24, 2.45) is 0 Å². The predicted octanol–water partition coefficient (Wildman–Crippen LogP) is 4.22. The van der Waals surface area contributed by atoms with Gasteiger partial charge in [-0.1, -0.05) is 23.7 Å². The van der Waals surface area contributed by atoms with Gasteiger partial charge in [0.2, 0.25) is 0 Å². The van der Waals surface area contributed by atoms with Gasteiger partial charge in [0.1, 0.15) is 5.82 Å². The van der Waals surface area contributed by atoms with E-state index in [1.165, 1.54) is 42.5 Å². The summed E-state index contributed by atoms with van der Waals surface area (Å²) in [5, 5.41) is 11.9. The number of hydrogen-bond acceptors (Lipinski definition) is 2. The number of halogens is 2. The molecule has 1 amide bonds. The average Bonchev–Trinajstić information content (AvgIpc) is 2.48. The highest BCUT2D eigenvalue weighted by Crippen LogP contribution is 2.21. The third kappa shape index (κ3) is 4.40. The lowest BCUT2D eigenvalue weighted by Crippen LogP contribution is -2.15. The largest absolute Gasteiger partial charge is 0.478 e. The summed E-state index contributed by atoms with van der Waals surface area (Å²) in [6.45, 7) is 1.55. The molecule has 118 valence electrons. The van der Waals surface area contributed by atoms with Gasteiger partial charge in [0.05, 0.1) is 11.3 Å². The average molecular weight is 334 g/mol. The molecule has 0 aliphatic carbocycles. The molecule has 0 unspecified atom stereocenters. The number of benzene rings is 2. The molecule has 2 rings (SSSR count). The first-order valence-corrected chi connectivity index (χ1v) is 7.02. The van der Waals surface area contributed by atoms with Crippen LogP contribution in [-0.2, 0) is 4.79 Å². The zero-order valence-corrected chi connectivity index (χ0v) is 12.9. The van der Waals surface area contributed by atoms with Crippen LogP contribution in [-0.4, -0.2) is 17.0 Å². The van der Waals surface area contributed by atoms with Gasteiger partial charge >= 0.3 is 5.97 Å². The van der Waals surface area contributed by atoms with Gasteiger partial charge < -0.3 is 10.4 Å². The van der Waals surface area contributed by atoms with Crippen molar-refractivity contribution in [1.29, 1.82) is 0 Å². The van der Waals surface area contributed by atoms with Crippen LogP contribution in [0.1, 0.15) is 22.8 Å². The van der Waals surface area contributed by atoms with Gasteiger partial charge in [0.25, 0.3) is 5.91 Å². The molecule has 0 radical (unpaired) electrons. The van der Waals surface area contributed by atoms with Crippen LogP contribution in [0.3, 0.4) is 0 Å². The molecule has 0 aliphatic rings. The number of anilines is 1. The minimum Gasteiger partial charge on any atom is -0.478 e. The van der Waals surface area contributed by atoms with E-state index in [2.05, 4.69) is 5.32 Å². The second kappa shape index (κ2) is 7.07. The fourth-order valence-corrected chi connectivity index (χ4v) is 2.11. The lowest BCUT2D eigenvalue weighted by molar-refractivity contribution is -0.112. The molecule has 0 aromatic heterocycles. The summed E-state index contributed by atoms with van der Waals surface area (Å²) in [6.07, 6.45) is 1.51. The fourth-order valence-electron chi connectivity index (χ4n) is 1.94. The summed E-state index contributed by atoms with van der Waals surface area (Å²) in [4.78, 5) is 23.4. The molecule has 0 heterocycles. The Morgan fingerprint density at radius 1 is 1.22 bits per heavy atom. The van der Waals surface area contributed by atoms with Gasteiger partial charge in [-0.3, -0.25) is 4.79 Å². The maximum Gasteiger partial charge on any atom is 0.337 e. The molecular weight excluding hydrogens is 321 g/mol. The smallest absolute Gasteiger partial charge is 0.337 e. The lowest BCUT2D eigenvalue weighted by Gasteiger charge is -2.09. The van der Waals surface area contributed by atoms with Gasteiger partial charge in [-0.2, -0.15) is 0 Å². The van der Waals surface area contributed by atoms with Gasteiger partial charge in [0, 0.05) is 10.6 Å². The van der Waals surface area contributed by atoms with E-state index in [-0.39, 0.29) is 16.3 Å². The zero-order valence-electron chi connectivity index (χ0n) is 12.1. The number of hydrogen-bond donors (Lipinski definition) is 2. The highest BCUT2D eigenvalue weighted by molar-refractivity contribution is 6.31. The first-order chi connectivity index (χ1) is 10.9. The van der Waals surface area contributed by atoms with Crippen molar-refractivity contribution < 1.29 is 19.1 Å². The van der Waals surface area contributed by atoms with Crippen molar-refractivity contribution >= 4 is 35.2 Å². The van der Waals surface area contributed by atoms with Crippen LogP contribution < -0.4 is 5.32 Å². The zero-order chi connectivity index (χ0) is 17.0. The Hall–Kier alpha value is -2.66. The number of rotatable bonds is 4. The quantitative estimate of drug-likeness (QED) is 0.823. The molecule has 23 heavy (non-hydrogen) atoms. The normalized spacial score (nSPS) is 11.2. The van der Waals surface area contributed by atoms with Gasteiger partial charge in [0.15, 0.2) is 0 Å². The first kappa shape index (κ1) is 16.7. The van der Waals surface area contributed by atoms with Crippen molar-refractivity contribution in [2.45, 2.75) is 6.92 Å². The molecule has 4 nitrogen and oxygen atoms in total. The summed E-state index contributed by atoms with van der Waals surface area (Å²) < 4.78 is 13.1. The number of carbonyl (C=O) groups excluding carboxylic acids is 1. The van der Waals surface area contributed by atoms with E-state index >= 15 is 0 Å². The van der Waals surface area contributed by atoms with E-state index in [1.807, 2.05) is 0 Å². The Morgan fingerprint density at radius 2 is 1.96 bits per heavy atom. The summed E-state index contributed by atoms with van der Waals surface area (Å²) in [5.74, 6) is -2.09. The third-order valence-corrected chi connectivity index (χ3v) is 3.29. The number of nitrogens with one attached hydrogen (secondary N) is 1. The van der Waals surface area contributed by atoms with Crippen LogP contribution in [0.25, 0.3) is 6.08 Å². The molecule has 0 saturated carbocycles. The predicted molar refractivity (Wildman–Crippen MR) is 87.1 cm³/mol. The molecule has 0 fully saturated rings. The number of amides is 1. The van der Waals surface area contributed by atoms with Crippen LogP contribution in [0, 0.1) is 5.82 Å². The van der Waals surface area contributed by atoms with Gasteiger partial charge in [-0.05, 0) is 48.9 Å². The monoisotopic (exact) mass is 333 g/mol. The van der Waals surface area contributed by atoms with E-state index in [0.29, 0.717) is 11.1 Å². The van der Waals surface area contributed by atoms with Crippen molar-refractivity contribution in [2.75, 3.05) is 5.32 Å². The van der Waals surface area contributed by atoms with Crippen molar-refractivity contribution in [3.8, 4) is 0 Å². The maximum atomic E-state index is 13.1. The number of aromatic carboxylic acids is 1. The summed E-state index contributed by atoms with van der Waals surface area (Å²) in [5.41, 5.74) is 0.873. The number of carboxylic acids is 1. The lowest BCUT2D eigenvalue weighted by atomic mass is 10.1. The van der Waals surface area contributed by atoms with E-state index < -0.39 is 17.7 Å². The van der Waals surface area contributed by atoms with Crippen molar-refractivity contribution in [3.63, 3.8) is 0 Å². The summed E-state index contributed by atoms with van der Waals surface area (Å²) >= 11 is 5.76. The fraction of sp³-hybridized carbons (Fsp3) is 0.0588. The second-order valence-corrected chi connectivity index (χ2v) is 5.27. The molecule has 2 aromatic rings. The van der Waals surface area contributed by atoms with Gasteiger partial charge in [-0.15, -0.1) is 0 Å². The van der Waals surface area contributed by atoms with E-state index in [0.717, 1.165) is 0 Å². The van der Waals surface area contributed by atoms with Crippen molar-refractivity contribution in [3.05, 3.63) is 70.0 Å². The van der Waals surface area contributed by atoms with Crippen LogP contribution >= 0.6 is 11.6 Å². The van der Waals surface area contributed by atoms with E-state index in [9.17, 15) is 14.0 Å². The molecular formula is C17H13ClFNO3. The Morgan fingerprint density at radius 3 is 2.61 bits per heavy atom. The third-order valence-electron chi connectivity index (χ3n) is 3.05. The Kier molecular flexibility index (Phi) is 5.13. The summed E-state index contributed by atoms with van der Waals surface area (Å²) in [6, 6.07) is 9.94. The molecule has 0 aliphatic heterocycles. The summed E-state index contributed by atoms with van der Waals surface area (Å²) in [7, 11) is 0. The molecule has 0 spiro atoms. The Labute approximate surface area is 137 Å². The molecule has 2 aromatic carbocycles. The standard InChI is InChI=1S/C17H13ClFNO3/c1-10(7-11-3-2-4-13(19)8-11)16(21)20-15-6-5-12(18)9-14(15)17(22)23/h2-9H,1H3,(H,20,21)(H,22,23). The molecule has 2 N–H and O–H groups in total. The van der Waals surface area contributed by atoms with E-state index in [1.54, 1.807) is 13.0 Å². The van der Waals surface area contributed by atoms with Crippen molar-refractivity contribution in [1.82, 2.24) is 0 Å². The van der Waals surface area contributed by atoms with Gasteiger partial charge in [-0.25, -0.2) is 9.18 Å². The Balaban J connectivity index is 2.23. The molecule has 6 heteroatoms. The van der Waals surface area contributed by atoms with Crippen LogP contribution in [0.4, 0.5) is 10.1 Å². The SMILES string of the molecule is CC(=Cc1cccc(F)c1)C(=O)Nc1ccc(Cl)cc1C(=O)O. The highest BCUT2D eigenvalue weighted by atomic mass is 35.5. The minimum atomic E-state index is -1.20. The Bertz CT molecular complexity index is 802. The van der Waals surface area contributed by atoms with Crippen LogP contribution in [0.15, 0.2) is 48.0 Å². The maximum absolute atomic E-state index is 13.1. The topological polar surface area (TPSA) is 66.4 Å². The van der Waals surface area contributed by atoms with Crippen LogP contribution in [0.5, 0.6) is 0 Å². The molecule has 0 bridgehead atoms. The van der Waals surface area contributed by atoms with E-state index in [4.69, 9.17) is 16.7 Å². The number of carbonyl (C=O) groups is 2. The molecule has 0 atom stereocenters.